The third kappa shape index (κ3) is 2.91. The highest BCUT2D eigenvalue weighted by Crippen LogP contribution is 2.35. The van der Waals surface area contributed by atoms with Crippen LogP contribution in [0.15, 0.2) is 61.1 Å². The predicted molar refractivity (Wildman–Crippen MR) is 120 cm³/mol. The number of nitrogens with one attached hydrogen (secondary N) is 2. The Labute approximate surface area is 179 Å². The van der Waals surface area contributed by atoms with Gasteiger partial charge in [-0.25, -0.2) is 9.97 Å². The molecule has 6 heterocycles. The maximum Gasteiger partial charge on any atom is 0.176 e. The van der Waals surface area contributed by atoms with E-state index in [9.17, 15) is 4.39 Å². The van der Waals surface area contributed by atoms with E-state index in [0.717, 1.165) is 66.4 Å². The van der Waals surface area contributed by atoms with Crippen LogP contribution in [0.5, 0.6) is 0 Å². The molecule has 0 fully saturated rings. The van der Waals surface area contributed by atoms with Crippen molar-refractivity contribution in [3.8, 4) is 33.1 Å². The summed E-state index contributed by atoms with van der Waals surface area (Å²) in [7, 11) is 0. The van der Waals surface area contributed by atoms with Crippen LogP contribution in [0.1, 0.15) is 5.56 Å². The molecule has 0 radical (unpaired) electrons. The number of rotatable bonds is 3. The Kier molecular flexibility index (Phi) is 3.94. The van der Waals surface area contributed by atoms with Crippen molar-refractivity contribution in [2.24, 2.45) is 0 Å². The minimum Gasteiger partial charge on any atom is -0.338 e. The maximum atomic E-state index is 13.6. The number of H-pyrrole nitrogens is 2. The van der Waals surface area contributed by atoms with Crippen LogP contribution >= 0.6 is 11.3 Å². The van der Waals surface area contributed by atoms with Gasteiger partial charge < -0.3 is 4.98 Å². The first kappa shape index (κ1) is 17.9. The second-order valence-electron chi connectivity index (χ2n) is 7.26. The van der Waals surface area contributed by atoms with Crippen molar-refractivity contribution >= 4 is 33.4 Å². The molecule has 0 saturated carbocycles. The number of hydrogen-bond acceptors (Lipinski definition) is 5. The normalized spacial score (nSPS) is 11.5. The minimum absolute atomic E-state index is 0.212. The lowest BCUT2D eigenvalue weighted by Gasteiger charge is -2.04. The summed E-state index contributed by atoms with van der Waals surface area (Å²) in [4.78, 5) is 17.8. The summed E-state index contributed by atoms with van der Waals surface area (Å²) < 4.78 is 13.6. The first-order chi connectivity index (χ1) is 15.2. The van der Waals surface area contributed by atoms with Crippen LogP contribution in [0.3, 0.4) is 0 Å². The lowest BCUT2D eigenvalue weighted by molar-refractivity contribution is 0.657. The van der Waals surface area contributed by atoms with Gasteiger partial charge in [-0.05, 0) is 55.0 Å². The third-order valence-electron chi connectivity index (χ3n) is 5.35. The highest BCUT2D eigenvalue weighted by atomic mass is 32.1. The smallest absolute Gasteiger partial charge is 0.176 e. The van der Waals surface area contributed by atoms with E-state index in [-0.39, 0.29) is 5.13 Å². The molecule has 6 aromatic rings. The van der Waals surface area contributed by atoms with Crippen LogP contribution in [-0.2, 0) is 0 Å². The van der Waals surface area contributed by atoms with E-state index in [2.05, 4.69) is 25.1 Å². The highest BCUT2D eigenvalue weighted by Gasteiger charge is 2.17. The summed E-state index contributed by atoms with van der Waals surface area (Å²) >= 11 is 1.12. The summed E-state index contributed by atoms with van der Waals surface area (Å²) in [6.07, 6.45) is 5.32. The maximum absolute atomic E-state index is 13.6. The molecule has 0 spiro atoms. The van der Waals surface area contributed by atoms with Crippen molar-refractivity contribution in [3.63, 3.8) is 0 Å². The van der Waals surface area contributed by atoms with E-state index in [0.29, 0.717) is 5.69 Å². The van der Waals surface area contributed by atoms with Crippen molar-refractivity contribution in [3.05, 3.63) is 71.7 Å². The largest absolute Gasteiger partial charge is 0.338 e. The molecular formula is C23H15FN6S. The number of nitrogens with zero attached hydrogens (tertiary/aromatic N) is 4. The molecule has 0 unspecified atom stereocenters. The average molecular weight is 426 g/mol. The SMILES string of the molecule is Cc1ccncc1-c1ccc2[nH]nc(-c3cc4c(-c5ccc(F)s5)ccnc4[nH]3)c2n1. The van der Waals surface area contributed by atoms with Gasteiger partial charge in [-0.3, -0.25) is 10.1 Å². The number of aryl methyl sites for hydroxylation is 1. The molecule has 0 aliphatic rings. The molecule has 6 nitrogen and oxygen atoms in total. The lowest BCUT2D eigenvalue weighted by Crippen LogP contribution is -1.89. The number of halogens is 1. The Morgan fingerprint density at radius 3 is 2.77 bits per heavy atom. The van der Waals surface area contributed by atoms with Crippen LogP contribution in [0.25, 0.3) is 55.2 Å². The molecule has 0 aromatic carbocycles. The van der Waals surface area contributed by atoms with Gasteiger partial charge in [0.2, 0.25) is 0 Å². The first-order valence-corrected chi connectivity index (χ1v) is 10.5. The van der Waals surface area contributed by atoms with Crippen molar-refractivity contribution in [1.29, 1.82) is 0 Å². The molecule has 0 atom stereocenters. The van der Waals surface area contributed by atoms with E-state index in [1.807, 2.05) is 43.5 Å². The summed E-state index contributed by atoms with van der Waals surface area (Å²) in [6, 6.07) is 13.1. The molecule has 0 aliphatic carbocycles. The van der Waals surface area contributed by atoms with Crippen LogP contribution in [0.4, 0.5) is 4.39 Å². The highest BCUT2D eigenvalue weighted by molar-refractivity contribution is 7.14. The third-order valence-corrected chi connectivity index (χ3v) is 6.26. The molecule has 0 bridgehead atoms. The summed E-state index contributed by atoms with van der Waals surface area (Å²) in [5.74, 6) is 0. The zero-order chi connectivity index (χ0) is 20.9. The molecule has 31 heavy (non-hydrogen) atoms. The lowest BCUT2D eigenvalue weighted by atomic mass is 10.1. The fraction of sp³-hybridized carbons (Fsp3) is 0.0435. The molecule has 0 amide bonds. The van der Waals surface area contributed by atoms with Gasteiger partial charge in [-0.2, -0.15) is 9.49 Å². The molecule has 8 heteroatoms. The Morgan fingerprint density at radius 1 is 1.00 bits per heavy atom. The van der Waals surface area contributed by atoms with Gasteiger partial charge in [-0.1, -0.05) is 0 Å². The van der Waals surface area contributed by atoms with E-state index in [4.69, 9.17) is 4.98 Å². The monoisotopic (exact) mass is 426 g/mol. The van der Waals surface area contributed by atoms with Crippen LogP contribution in [-0.4, -0.2) is 30.1 Å². The molecule has 6 rings (SSSR count). The van der Waals surface area contributed by atoms with Crippen molar-refractivity contribution in [2.45, 2.75) is 6.92 Å². The van der Waals surface area contributed by atoms with E-state index in [1.54, 1.807) is 18.5 Å². The van der Waals surface area contributed by atoms with Crippen LogP contribution in [0.2, 0.25) is 0 Å². The fourth-order valence-corrected chi connectivity index (χ4v) is 4.57. The van der Waals surface area contributed by atoms with E-state index < -0.39 is 0 Å². The molecule has 6 aromatic heterocycles. The van der Waals surface area contributed by atoms with Gasteiger partial charge in [0.05, 0.1) is 16.9 Å². The van der Waals surface area contributed by atoms with Crippen molar-refractivity contribution < 1.29 is 4.39 Å². The first-order valence-electron chi connectivity index (χ1n) is 9.67. The molecular weight excluding hydrogens is 411 g/mol. The molecule has 150 valence electrons. The second-order valence-corrected chi connectivity index (χ2v) is 8.30. The molecule has 2 N–H and O–H groups in total. The van der Waals surface area contributed by atoms with Gasteiger partial charge in [0.1, 0.15) is 16.9 Å². The van der Waals surface area contributed by atoms with Gasteiger partial charge in [0, 0.05) is 40.0 Å². The number of aromatic amines is 2. The quantitative estimate of drug-likeness (QED) is 0.378. The average Bonchev–Trinajstić information content (AvgIpc) is 3.50. The standard InChI is InChI=1S/C23H15FN6S/c1-12-6-8-25-11-15(12)16-2-3-17-21(27-16)22(30-29-17)18-10-14-13(7-9-26-23(14)28-18)19-4-5-20(24)31-19/h2-11H,1H3,(H,26,28)(H,29,30). The molecule has 0 aliphatic heterocycles. The summed E-state index contributed by atoms with van der Waals surface area (Å²) in [5.41, 5.74) is 7.68. The Bertz CT molecular complexity index is 1580. The molecule has 0 saturated heterocycles. The van der Waals surface area contributed by atoms with Crippen LogP contribution < -0.4 is 0 Å². The number of fused-ring (bicyclic) bond motifs is 2. The van der Waals surface area contributed by atoms with E-state index in [1.165, 1.54) is 6.07 Å². The Balaban J connectivity index is 1.52. The van der Waals surface area contributed by atoms with Crippen molar-refractivity contribution in [2.75, 3.05) is 0 Å². The number of hydrogen-bond donors (Lipinski definition) is 2. The topological polar surface area (TPSA) is 83.1 Å². The number of pyridine rings is 3. The second kappa shape index (κ2) is 6.82. The van der Waals surface area contributed by atoms with Gasteiger partial charge >= 0.3 is 0 Å². The summed E-state index contributed by atoms with van der Waals surface area (Å²) in [6.45, 7) is 2.04. The van der Waals surface area contributed by atoms with Gasteiger partial charge in [0.15, 0.2) is 5.13 Å². The number of thiophene rings is 1. The Morgan fingerprint density at radius 2 is 1.94 bits per heavy atom. The van der Waals surface area contributed by atoms with Crippen LogP contribution in [0, 0.1) is 12.1 Å². The summed E-state index contributed by atoms with van der Waals surface area (Å²) in [5, 5.41) is 8.26. The Hall–Kier alpha value is -3.91. The van der Waals surface area contributed by atoms with Gasteiger partial charge in [0.25, 0.3) is 0 Å². The van der Waals surface area contributed by atoms with Crippen molar-refractivity contribution in [1.82, 2.24) is 30.1 Å². The fourth-order valence-electron chi connectivity index (χ4n) is 3.80. The van der Waals surface area contributed by atoms with E-state index >= 15 is 0 Å². The zero-order valence-corrected chi connectivity index (χ0v) is 17.2. The minimum atomic E-state index is -0.212. The zero-order valence-electron chi connectivity index (χ0n) is 16.3. The predicted octanol–water partition coefficient (Wildman–Crippen LogP) is 5.74. The van der Waals surface area contributed by atoms with Gasteiger partial charge in [-0.15, -0.1) is 11.3 Å². The number of aromatic nitrogens is 6.